The van der Waals surface area contributed by atoms with Gasteiger partial charge in [-0.3, -0.25) is 14.5 Å². The van der Waals surface area contributed by atoms with E-state index in [4.69, 9.17) is 4.74 Å². The summed E-state index contributed by atoms with van der Waals surface area (Å²) in [6.07, 6.45) is 2.76. The predicted molar refractivity (Wildman–Crippen MR) is 151 cm³/mol. The molecule has 9 nitrogen and oxygen atoms in total. The van der Waals surface area contributed by atoms with Gasteiger partial charge >= 0.3 is 6.18 Å². The Morgan fingerprint density at radius 1 is 1.07 bits per heavy atom. The Kier molecular flexibility index (Phi) is 6.71. The van der Waals surface area contributed by atoms with Crippen LogP contribution in [0, 0.1) is 6.92 Å². The van der Waals surface area contributed by atoms with Gasteiger partial charge in [-0.2, -0.15) is 18.3 Å². The number of fused-ring (bicyclic) bond motifs is 2. The van der Waals surface area contributed by atoms with Crippen LogP contribution in [-0.4, -0.2) is 48.9 Å². The lowest BCUT2D eigenvalue weighted by Gasteiger charge is -2.31. The van der Waals surface area contributed by atoms with Crippen molar-refractivity contribution in [3.05, 3.63) is 83.0 Å². The third-order valence-electron chi connectivity index (χ3n) is 7.61. The van der Waals surface area contributed by atoms with Gasteiger partial charge in [-0.05, 0) is 60.7 Å². The van der Waals surface area contributed by atoms with Crippen LogP contribution in [0.3, 0.4) is 0 Å². The Labute approximate surface area is 239 Å². The predicted octanol–water partition coefficient (Wildman–Crippen LogP) is 5.38. The fourth-order valence-electron chi connectivity index (χ4n) is 5.60. The molecule has 0 fully saturated rings. The highest BCUT2D eigenvalue weighted by molar-refractivity contribution is 6.13. The Balaban J connectivity index is 1.53. The molecule has 0 aliphatic carbocycles. The number of pyridine rings is 2. The second-order valence-corrected chi connectivity index (χ2v) is 10.2. The number of imidazole rings is 1. The van der Waals surface area contributed by atoms with Gasteiger partial charge in [-0.1, -0.05) is 6.92 Å². The fraction of sp³-hybridized carbons (Fsp3) is 0.300. The van der Waals surface area contributed by atoms with Crippen LogP contribution >= 0.6 is 0 Å². The molecule has 0 bridgehead atoms. The largest absolute Gasteiger partial charge is 0.479 e. The molecule has 6 rings (SSSR count). The number of halogens is 3. The minimum absolute atomic E-state index is 0.0514. The number of carbonyl (C=O) groups excluding carboxylic acids is 1. The van der Waals surface area contributed by atoms with Crippen molar-refractivity contribution in [2.75, 3.05) is 18.6 Å². The van der Waals surface area contributed by atoms with Crippen molar-refractivity contribution in [2.24, 2.45) is 7.05 Å². The number of methoxy groups -OCH3 is 1. The average Bonchev–Trinajstić information content (AvgIpc) is 3.57. The number of rotatable bonds is 6. The molecule has 0 unspecified atom stereocenters. The maximum Gasteiger partial charge on any atom is 0.435 e. The van der Waals surface area contributed by atoms with Crippen LogP contribution in [0.2, 0.25) is 0 Å². The van der Waals surface area contributed by atoms with Crippen molar-refractivity contribution in [1.82, 2.24) is 29.3 Å². The van der Waals surface area contributed by atoms with Gasteiger partial charge in [-0.25, -0.2) is 9.97 Å². The monoisotopic (exact) mass is 575 g/mol. The first-order valence-electron chi connectivity index (χ1n) is 13.5. The fourth-order valence-corrected chi connectivity index (χ4v) is 5.60. The molecule has 42 heavy (non-hydrogen) atoms. The highest BCUT2D eigenvalue weighted by atomic mass is 19.4. The topological polar surface area (TPSA) is 91.0 Å². The maximum atomic E-state index is 14.3. The van der Waals surface area contributed by atoms with E-state index in [1.54, 1.807) is 41.7 Å². The van der Waals surface area contributed by atoms with Crippen LogP contribution in [0.1, 0.15) is 45.6 Å². The standard InChI is InChI=1S/C30H28F3N7O2/c1-5-19-14-23-25(6-8-35-26(23)28(36-19)42-4)40-10-7-20-21(24-16-38(3)37-27(24)30(31,32)33)12-18(13-22(20)29(40)41)15-39-11-9-34-17(39)2/h6,8-9,11-14,16H,5,7,10,15H2,1-4H3. The lowest BCUT2D eigenvalue weighted by atomic mass is 9.88. The molecule has 216 valence electrons. The molecule has 1 aliphatic rings. The third-order valence-corrected chi connectivity index (χ3v) is 7.61. The van der Waals surface area contributed by atoms with Crippen molar-refractivity contribution >= 4 is 22.5 Å². The third kappa shape index (κ3) is 4.66. The Bertz CT molecular complexity index is 1840. The van der Waals surface area contributed by atoms with E-state index < -0.39 is 11.9 Å². The molecule has 0 atom stereocenters. The number of amides is 1. The summed E-state index contributed by atoms with van der Waals surface area (Å²) in [5, 5.41) is 4.45. The summed E-state index contributed by atoms with van der Waals surface area (Å²) in [4.78, 5) is 29.1. The molecule has 1 aromatic carbocycles. The molecule has 5 aromatic rings. The van der Waals surface area contributed by atoms with E-state index >= 15 is 0 Å². The number of hydrogen-bond donors (Lipinski definition) is 0. The van der Waals surface area contributed by atoms with Crippen molar-refractivity contribution in [3.63, 3.8) is 0 Å². The quantitative estimate of drug-likeness (QED) is 0.270. The number of anilines is 1. The summed E-state index contributed by atoms with van der Waals surface area (Å²) in [7, 11) is 2.98. The molecule has 0 saturated carbocycles. The highest BCUT2D eigenvalue weighted by Gasteiger charge is 2.39. The molecule has 12 heteroatoms. The van der Waals surface area contributed by atoms with Gasteiger partial charge in [0.1, 0.15) is 11.3 Å². The number of alkyl halides is 3. The summed E-state index contributed by atoms with van der Waals surface area (Å²) < 4.78 is 50.8. The lowest BCUT2D eigenvalue weighted by molar-refractivity contribution is -0.140. The zero-order valence-electron chi connectivity index (χ0n) is 23.5. The van der Waals surface area contributed by atoms with Gasteiger partial charge in [0.05, 0.1) is 12.8 Å². The molecule has 0 N–H and O–H groups in total. The van der Waals surface area contributed by atoms with E-state index in [0.717, 1.165) is 21.6 Å². The maximum absolute atomic E-state index is 14.3. The number of ether oxygens (including phenoxy) is 1. The minimum Gasteiger partial charge on any atom is -0.479 e. The molecular weight excluding hydrogens is 547 g/mol. The van der Waals surface area contributed by atoms with E-state index in [2.05, 4.69) is 20.1 Å². The number of carbonyl (C=O) groups is 1. The van der Waals surface area contributed by atoms with Gasteiger partial charge in [0.2, 0.25) is 5.88 Å². The van der Waals surface area contributed by atoms with Crippen LogP contribution in [-0.2, 0) is 32.6 Å². The zero-order valence-corrected chi connectivity index (χ0v) is 23.5. The lowest BCUT2D eigenvalue weighted by Crippen LogP contribution is -2.38. The first-order chi connectivity index (χ1) is 20.1. The van der Waals surface area contributed by atoms with Crippen molar-refractivity contribution in [1.29, 1.82) is 0 Å². The summed E-state index contributed by atoms with van der Waals surface area (Å²) in [5.41, 5.74) is 2.87. The summed E-state index contributed by atoms with van der Waals surface area (Å²) in [5.74, 6) is 0.810. The normalized spacial score (nSPS) is 13.6. The molecule has 0 spiro atoms. The molecule has 4 aromatic heterocycles. The molecule has 1 aliphatic heterocycles. The highest BCUT2D eigenvalue weighted by Crippen LogP contribution is 2.41. The number of hydrogen-bond acceptors (Lipinski definition) is 6. The molecule has 0 saturated heterocycles. The van der Waals surface area contributed by atoms with Crippen molar-refractivity contribution in [2.45, 2.75) is 39.4 Å². The van der Waals surface area contributed by atoms with Crippen LogP contribution in [0.15, 0.2) is 49.1 Å². The minimum atomic E-state index is -4.66. The Morgan fingerprint density at radius 2 is 1.86 bits per heavy atom. The number of aromatic nitrogens is 6. The second-order valence-electron chi connectivity index (χ2n) is 10.2. The SMILES string of the molecule is CCc1cc2c(N3CCc4c(cc(Cn5ccnc5C)cc4-c4cn(C)nc4C(F)(F)F)C3=O)ccnc2c(OC)n1. The smallest absolute Gasteiger partial charge is 0.435 e. The van der Waals surface area contributed by atoms with Gasteiger partial charge in [0, 0.05) is 67.1 Å². The molecular formula is C30H28F3N7O2. The van der Waals surface area contributed by atoms with Gasteiger partial charge < -0.3 is 14.2 Å². The number of benzene rings is 1. The second kappa shape index (κ2) is 10.3. The van der Waals surface area contributed by atoms with Crippen LogP contribution in [0.25, 0.3) is 22.0 Å². The van der Waals surface area contributed by atoms with E-state index in [0.29, 0.717) is 58.7 Å². The first-order valence-corrected chi connectivity index (χ1v) is 13.5. The molecule has 0 radical (unpaired) electrons. The van der Waals surface area contributed by atoms with E-state index in [1.807, 2.05) is 24.5 Å². The van der Waals surface area contributed by atoms with Crippen molar-refractivity contribution in [3.8, 4) is 17.0 Å². The summed E-state index contributed by atoms with van der Waals surface area (Å²) in [6.45, 7) is 4.43. The molecule has 5 heterocycles. The first kappa shape index (κ1) is 27.4. The van der Waals surface area contributed by atoms with Crippen LogP contribution < -0.4 is 9.64 Å². The van der Waals surface area contributed by atoms with Crippen LogP contribution in [0.5, 0.6) is 5.88 Å². The van der Waals surface area contributed by atoms with E-state index in [1.165, 1.54) is 20.4 Å². The number of aryl methyl sites for hydroxylation is 3. The van der Waals surface area contributed by atoms with E-state index in [-0.39, 0.29) is 18.0 Å². The van der Waals surface area contributed by atoms with Crippen molar-refractivity contribution < 1.29 is 22.7 Å². The van der Waals surface area contributed by atoms with Gasteiger partial charge in [0.25, 0.3) is 5.91 Å². The summed E-state index contributed by atoms with van der Waals surface area (Å²) in [6, 6.07) is 7.18. The number of nitrogens with zero attached hydrogens (tertiary/aromatic N) is 7. The zero-order chi connectivity index (χ0) is 29.8. The Hall–Kier alpha value is -4.74. The van der Waals surface area contributed by atoms with Gasteiger partial charge in [-0.15, -0.1) is 0 Å². The van der Waals surface area contributed by atoms with E-state index in [9.17, 15) is 18.0 Å². The Morgan fingerprint density at radius 3 is 2.55 bits per heavy atom. The van der Waals surface area contributed by atoms with Gasteiger partial charge in [0.15, 0.2) is 5.69 Å². The average molecular weight is 576 g/mol. The van der Waals surface area contributed by atoms with Crippen LogP contribution in [0.4, 0.5) is 18.9 Å². The molecule has 1 amide bonds. The summed E-state index contributed by atoms with van der Waals surface area (Å²) >= 11 is 0.